The topological polar surface area (TPSA) is 50.4 Å². The van der Waals surface area contributed by atoms with E-state index in [4.69, 9.17) is 4.74 Å². The van der Waals surface area contributed by atoms with Gasteiger partial charge in [-0.3, -0.25) is 0 Å². The van der Waals surface area contributed by atoms with E-state index in [0.717, 1.165) is 13.0 Å². The summed E-state index contributed by atoms with van der Waals surface area (Å²) in [5, 5.41) is 6.49. The number of alkyl carbamates (subject to hydrolysis) is 1. The van der Waals surface area contributed by atoms with Crippen LogP contribution in [0.3, 0.4) is 0 Å². The van der Waals surface area contributed by atoms with Gasteiger partial charge in [0, 0.05) is 18.5 Å². The summed E-state index contributed by atoms with van der Waals surface area (Å²) in [5.74, 6) is 1.05. The first-order valence-corrected chi connectivity index (χ1v) is 9.78. The van der Waals surface area contributed by atoms with Crippen LogP contribution < -0.4 is 10.6 Å². The molecule has 4 nitrogen and oxygen atoms in total. The summed E-state index contributed by atoms with van der Waals surface area (Å²) in [6.07, 6.45) is 8.11. The van der Waals surface area contributed by atoms with Crippen molar-refractivity contribution in [2.45, 2.75) is 85.6 Å². The summed E-state index contributed by atoms with van der Waals surface area (Å²) in [6.45, 7) is 13.0. The zero-order valence-electron chi connectivity index (χ0n) is 16.1. The maximum Gasteiger partial charge on any atom is 0.407 e. The Balaban J connectivity index is 4.76. The molecule has 0 bridgehead atoms. The second-order valence-corrected chi connectivity index (χ2v) is 6.44. The van der Waals surface area contributed by atoms with Crippen LogP contribution in [0.25, 0.3) is 0 Å². The lowest BCUT2D eigenvalue weighted by molar-refractivity contribution is 0.100. The second-order valence-electron chi connectivity index (χ2n) is 6.44. The van der Waals surface area contributed by atoms with Crippen LogP contribution in [0.15, 0.2) is 0 Å². The second kappa shape index (κ2) is 14.8. The third-order valence-corrected chi connectivity index (χ3v) is 4.65. The van der Waals surface area contributed by atoms with Crippen LogP contribution in [-0.4, -0.2) is 31.8 Å². The Labute approximate surface area is 144 Å². The highest BCUT2D eigenvalue weighted by Gasteiger charge is 2.27. The smallest absolute Gasteiger partial charge is 0.407 e. The van der Waals surface area contributed by atoms with Crippen molar-refractivity contribution in [3.8, 4) is 0 Å². The van der Waals surface area contributed by atoms with Gasteiger partial charge in [0.05, 0.1) is 6.61 Å². The molecule has 0 radical (unpaired) electrons. The first-order valence-electron chi connectivity index (χ1n) is 9.78. The van der Waals surface area contributed by atoms with Gasteiger partial charge in [-0.2, -0.15) is 0 Å². The van der Waals surface area contributed by atoms with E-state index >= 15 is 0 Å². The molecule has 0 aromatic rings. The van der Waals surface area contributed by atoms with Crippen LogP contribution in [0, 0.1) is 11.8 Å². The summed E-state index contributed by atoms with van der Waals surface area (Å²) in [5.41, 5.74) is 0. The average molecular weight is 329 g/mol. The molecule has 0 fully saturated rings. The minimum Gasteiger partial charge on any atom is -0.449 e. The standard InChI is InChI=1S/C19H40N2O2/c1-6-11-13-16(8-3)18(21-14-12-7-2)17(9-4)15-23-19(22)20-10-5/h16-18,21H,6-15H2,1-5H3,(H,20,22). The Morgan fingerprint density at radius 1 is 0.957 bits per heavy atom. The van der Waals surface area contributed by atoms with Crippen LogP contribution >= 0.6 is 0 Å². The fraction of sp³-hybridized carbons (Fsp3) is 0.947. The molecule has 0 aromatic carbocycles. The largest absolute Gasteiger partial charge is 0.449 e. The van der Waals surface area contributed by atoms with Crippen LogP contribution in [-0.2, 0) is 4.74 Å². The lowest BCUT2D eigenvalue weighted by atomic mass is 9.82. The molecule has 4 heteroatoms. The molecular formula is C19H40N2O2. The Hall–Kier alpha value is -0.770. The number of unbranched alkanes of at least 4 members (excludes halogenated alkanes) is 2. The molecule has 0 aromatic heterocycles. The van der Waals surface area contributed by atoms with E-state index in [2.05, 4.69) is 38.3 Å². The zero-order chi connectivity index (χ0) is 17.5. The van der Waals surface area contributed by atoms with Crippen LogP contribution in [0.2, 0.25) is 0 Å². The van der Waals surface area contributed by atoms with E-state index in [-0.39, 0.29) is 6.09 Å². The van der Waals surface area contributed by atoms with Crippen molar-refractivity contribution in [3.63, 3.8) is 0 Å². The Morgan fingerprint density at radius 2 is 1.61 bits per heavy atom. The van der Waals surface area contributed by atoms with E-state index in [1.54, 1.807) is 0 Å². The molecule has 3 atom stereocenters. The van der Waals surface area contributed by atoms with E-state index in [1.165, 1.54) is 38.5 Å². The Kier molecular flexibility index (Phi) is 14.3. The molecular weight excluding hydrogens is 288 g/mol. The quantitative estimate of drug-likeness (QED) is 0.453. The number of rotatable bonds is 14. The lowest BCUT2D eigenvalue weighted by Crippen LogP contribution is -2.45. The molecule has 23 heavy (non-hydrogen) atoms. The number of nitrogens with one attached hydrogen (secondary N) is 2. The third-order valence-electron chi connectivity index (χ3n) is 4.65. The first-order chi connectivity index (χ1) is 11.1. The van der Waals surface area contributed by atoms with E-state index in [9.17, 15) is 4.79 Å². The predicted molar refractivity (Wildman–Crippen MR) is 98.8 cm³/mol. The van der Waals surface area contributed by atoms with Gasteiger partial charge in [-0.1, -0.05) is 53.4 Å². The minimum absolute atomic E-state index is 0.292. The van der Waals surface area contributed by atoms with Crippen molar-refractivity contribution in [1.82, 2.24) is 10.6 Å². The maximum absolute atomic E-state index is 11.6. The van der Waals surface area contributed by atoms with Crippen molar-refractivity contribution >= 4 is 6.09 Å². The molecule has 0 spiro atoms. The number of ether oxygens (including phenoxy) is 1. The minimum atomic E-state index is -0.292. The van der Waals surface area contributed by atoms with E-state index < -0.39 is 0 Å². The number of hydrogen-bond donors (Lipinski definition) is 2. The van der Waals surface area contributed by atoms with Crippen molar-refractivity contribution in [2.75, 3.05) is 19.7 Å². The lowest BCUT2D eigenvalue weighted by Gasteiger charge is -2.34. The van der Waals surface area contributed by atoms with Crippen LogP contribution in [0.1, 0.15) is 79.6 Å². The van der Waals surface area contributed by atoms with Gasteiger partial charge >= 0.3 is 6.09 Å². The van der Waals surface area contributed by atoms with E-state index in [1.807, 2.05) is 6.92 Å². The average Bonchev–Trinajstić information content (AvgIpc) is 2.55. The van der Waals surface area contributed by atoms with E-state index in [0.29, 0.717) is 31.0 Å². The molecule has 138 valence electrons. The van der Waals surface area contributed by atoms with Crippen molar-refractivity contribution < 1.29 is 9.53 Å². The molecule has 0 aliphatic carbocycles. The molecule has 2 N–H and O–H groups in total. The number of hydrogen-bond acceptors (Lipinski definition) is 3. The Morgan fingerprint density at radius 3 is 2.13 bits per heavy atom. The van der Waals surface area contributed by atoms with Gasteiger partial charge in [0.2, 0.25) is 0 Å². The highest BCUT2D eigenvalue weighted by molar-refractivity contribution is 5.66. The molecule has 0 saturated heterocycles. The molecule has 0 heterocycles. The number of carbonyl (C=O) groups is 1. The van der Waals surface area contributed by atoms with Gasteiger partial charge < -0.3 is 15.4 Å². The highest BCUT2D eigenvalue weighted by Crippen LogP contribution is 2.25. The normalized spacial score (nSPS) is 15.0. The molecule has 0 aliphatic heterocycles. The summed E-state index contributed by atoms with van der Waals surface area (Å²) < 4.78 is 5.43. The van der Waals surface area contributed by atoms with Gasteiger partial charge in [-0.25, -0.2) is 4.79 Å². The van der Waals surface area contributed by atoms with Gasteiger partial charge in [-0.05, 0) is 38.6 Å². The molecule has 0 rings (SSSR count). The number of carbonyl (C=O) groups excluding carboxylic acids is 1. The first kappa shape index (κ1) is 22.2. The Bertz CT molecular complexity index is 285. The van der Waals surface area contributed by atoms with Crippen molar-refractivity contribution in [1.29, 1.82) is 0 Å². The summed E-state index contributed by atoms with van der Waals surface area (Å²) in [4.78, 5) is 11.6. The number of amides is 1. The molecule has 1 amide bonds. The third kappa shape index (κ3) is 9.85. The van der Waals surface area contributed by atoms with Gasteiger partial charge in [0.1, 0.15) is 0 Å². The predicted octanol–water partition coefficient (Wildman–Crippen LogP) is 4.73. The fourth-order valence-electron chi connectivity index (χ4n) is 3.12. The van der Waals surface area contributed by atoms with Gasteiger partial charge in [-0.15, -0.1) is 0 Å². The van der Waals surface area contributed by atoms with Crippen LogP contribution in [0.4, 0.5) is 4.79 Å². The molecule has 3 unspecified atom stereocenters. The van der Waals surface area contributed by atoms with Gasteiger partial charge in [0.15, 0.2) is 0 Å². The molecule has 0 aliphatic rings. The summed E-state index contributed by atoms with van der Waals surface area (Å²) >= 11 is 0. The monoisotopic (exact) mass is 328 g/mol. The van der Waals surface area contributed by atoms with Gasteiger partial charge in [0.25, 0.3) is 0 Å². The molecule has 0 saturated carbocycles. The maximum atomic E-state index is 11.6. The summed E-state index contributed by atoms with van der Waals surface area (Å²) in [6, 6.07) is 0.442. The van der Waals surface area contributed by atoms with Crippen molar-refractivity contribution in [2.24, 2.45) is 11.8 Å². The zero-order valence-corrected chi connectivity index (χ0v) is 16.1. The SMILES string of the molecule is CCCCNC(C(CC)CCCC)C(CC)COC(=O)NCC. The fourth-order valence-corrected chi connectivity index (χ4v) is 3.12. The van der Waals surface area contributed by atoms with Crippen LogP contribution in [0.5, 0.6) is 0 Å². The summed E-state index contributed by atoms with van der Waals surface area (Å²) in [7, 11) is 0. The highest BCUT2D eigenvalue weighted by atomic mass is 16.5. The van der Waals surface area contributed by atoms with Crippen molar-refractivity contribution in [3.05, 3.63) is 0 Å².